The SMILES string of the molecule is COCCC(=O)N[C@H](C)c1nnc2n1CCN(Cc1ccco1)CC2. The molecule has 0 saturated heterocycles. The highest BCUT2D eigenvalue weighted by Gasteiger charge is 2.23. The normalized spacial score (nSPS) is 16.2. The molecule has 8 heteroatoms. The number of nitrogens with one attached hydrogen (secondary N) is 1. The summed E-state index contributed by atoms with van der Waals surface area (Å²) in [4.78, 5) is 14.3. The molecule has 1 aliphatic rings. The van der Waals surface area contributed by atoms with Crippen LogP contribution in [0.2, 0.25) is 0 Å². The van der Waals surface area contributed by atoms with Crippen molar-refractivity contribution in [3.63, 3.8) is 0 Å². The van der Waals surface area contributed by atoms with Gasteiger partial charge in [-0.3, -0.25) is 9.69 Å². The van der Waals surface area contributed by atoms with Crippen LogP contribution in [0.5, 0.6) is 0 Å². The molecule has 3 heterocycles. The number of amides is 1. The minimum atomic E-state index is -0.178. The van der Waals surface area contributed by atoms with E-state index in [1.807, 2.05) is 19.1 Å². The third kappa shape index (κ3) is 4.46. The molecule has 8 nitrogen and oxygen atoms in total. The van der Waals surface area contributed by atoms with Crippen molar-refractivity contribution in [2.45, 2.75) is 38.9 Å². The highest BCUT2D eigenvalue weighted by Crippen LogP contribution is 2.17. The van der Waals surface area contributed by atoms with Crippen molar-refractivity contribution in [2.24, 2.45) is 0 Å². The molecule has 1 atom stereocenters. The largest absolute Gasteiger partial charge is 0.468 e. The summed E-state index contributed by atoms with van der Waals surface area (Å²) in [5, 5.41) is 11.6. The van der Waals surface area contributed by atoms with Crippen molar-refractivity contribution < 1.29 is 13.9 Å². The van der Waals surface area contributed by atoms with Crippen molar-refractivity contribution in [1.29, 1.82) is 0 Å². The first-order valence-corrected chi connectivity index (χ1v) is 8.62. The van der Waals surface area contributed by atoms with E-state index in [9.17, 15) is 4.79 Å². The van der Waals surface area contributed by atoms with E-state index in [0.29, 0.717) is 13.0 Å². The maximum absolute atomic E-state index is 11.9. The Labute approximate surface area is 147 Å². The Bertz CT molecular complexity index is 683. The first-order chi connectivity index (χ1) is 12.2. The molecule has 0 radical (unpaired) electrons. The molecule has 0 saturated carbocycles. The molecule has 0 unspecified atom stereocenters. The van der Waals surface area contributed by atoms with E-state index in [1.54, 1.807) is 13.4 Å². The van der Waals surface area contributed by atoms with E-state index in [0.717, 1.165) is 50.0 Å². The quantitative estimate of drug-likeness (QED) is 0.808. The van der Waals surface area contributed by atoms with E-state index >= 15 is 0 Å². The zero-order chi connectivity index (χ0) is 17.6. The number of carbonyl (C=O) groups is 1. The van der Waals surface area contributed by atoms with Gasteiger partial charge in [-0.25, -0.2) is 0 Å². The summed E-state index contributed by atoms with van der Waals surface area (Å²) < 4.78 is 12.5. The minimum Gasteiger partial charge on any atom is -0.468 e. The predicted octanol–water partition coefficient (Wildman–Crippen LogP) is 1.14. The summed E-state index contributed by atoms with van der Waals surface area (Å²) >= 11 is 0. The first-order valence-electron chi connectivity index (χ1n) is 8.62. The van der Waals surface area contributed by atoms with Crippen molar-refractivity contribution in [3.05, 3.63) is 35.8 Å². The molecule has 2 aromatic heterocycles. The molecular formula is C17H25N5O3. The van der Waals surface area contributed by atoms with Gasteiger partial charge in [-0.05, 0) is 19.1 Å². The molecule has 2 aromatic rings. The lowest BCUT2D eigenvalue weighted by molar-refractivity contribution is -0.122. The summed E-state index contributed by atoms with van der Waals surface area (Å²) in [7, 11) is 1.59. The highest BCUT2D eigenvalue weighted by molar-refractivity contribution is 5.76. The average Bonchev–Trinajstić information content (AvgIpc) is 3.21. The van der Waals surface area contributed by atoms with E-state index in [4.69, 9.17) is 9.15 Å². The van der Waals surface area contributed by atoms with Crippen LogP contribution < -0.4 is 5.32 Å². The van der Waals surface area contributed by atoms with Gasteiger partial charge < -0.3 is 19.0 Å². The molecule has 0 fully saturated rings. The third-order valence-corrected chi connectivity index (χ3v) is 4.41. The Morgan fingerprint density at radius 2 is 2.28 bits per heavy atom. The Morgan fingerprint density at radius 1 is 1.40 bits per heavy atom. The third-order valence-electron chi connectivity index (χ3n) is 4.41. The van der Waals surface area contributed by atoms with Crippen LogP contribution >= 0.6 is 0 Å². The van der Waals surface area contributed by atoms with Crippen molar-refractivity contribution in [3.8, 4) is 0 Å². The molecule has 0 bridgehead atoms. The maximum atomic E-state index is 11.9. The standard InChI is InChI=1S/C17H25N5O3/c1-13(18-16(23)6-11-24-2)17-20-19-15-5-7-21(8-9-22(15)17)12-14-4-3-10-25-14/h3-4,10,13H,5-9,11-12H2,1-2H3,(H,18,23)/t13-/m1/s1. The monoisotopic (exact) mass is 347 g/mol. The summed E-state index contributed by atoms with van der Waals surface area (Å²) in [5.74, 6) is 2.70. The topological polar surface area (TPSA) is 85.4 Å². The van der Waals surface area contributed by atoms with Gasteiger partial charge in [-0.15, -0.1) is 10.2 Å². The predicted molar refractivity (Wildman–Crippen MR) is 90.8 cm³/mol. The zero-order valence-corrected chi connectivity index (χ0v) is 14.8. The van der Waals surface area contributed by atoms with Gasteiger partial charge in [-0.1, -0.05) is 0 Å². The zero-order valence-electron chi connectivity index (χ0n) is 14.8. The number of carbonyl (C=O) groups excluding carboxylic acids is 1. The van der Waals surface area contributed by atoms with Crippen LogP contribution in [0.15, 0.2) is 22.8 Å². The lowest BCUT2D eigenvalue weighted by Gasteiger charge is -2.19. The maximum Gasteiger partial charge on any atom is 0.222 e. The number of methoxy groups -OCH3 is 1. The molecule has 1 amide bonds. The number of furan rings is 1. The van der Waals surface area contributed by atoms with Gasteiger partial charge in [0.15, 0.2) is 5.82 Å². The Kier molecular flexibility index (Phi) is 5.83. The van der Waals surface area contributed by atoms with Crippen LogP contribution in [0.4, 0.5) is 0 Å². The fraction of sp³-hybridized carbons (Fsp3) is 0.588. The van der Waals surface area contributed by atoms with E-state index in [1.165, 1.54) is 0 Å². The second-order valence-corrected chi connectivity index (χ2v) is 6.26. The van der Waals surface area contributed by atoms with Crippen LogP contribution in [0.25, 0.3) is 0 Å². The number of ether oxygens (including phenoxy) is 1. The summed E-state index contributed by atoms with van der Waals surface area (Å²) in [5.41, 5.74) is 0. The number of rotatable bonds is 7. The number of hydrogen-bond acceptors (Lipinski definition) is 6. The lowest BCUT2D eigenvalue weighted by atomic mass is 10.3. The molecule has 0 aliphatic carbocycles. The Balaban J connectivity index is 1.61. The fourth-order valence-electron chi connectivity index (χ4n) is 3.06. The number of aromatic nitrogens is 3. The second kappa shape index (κ2) is 8.26. The molecule has 1 N–H and O–H groups in total. The highest BCUT2D eigenvalue weighted by atomic mass is 16.5. The summed E-state index contributed by atoms with van der Waals surface area (Å²) in [6, 6.07) is 3.73. The van der Waals surface area contributed by atoms with Crippen molar-refractivity contribution in [1.82, 2.24) is 25.0 Å². The van der Waals surface area contributed by atoms with Gasteiger partial charge in [0, 0.05) is 39.6 Å². The molecule has 0 spiro atoms. The molecule has 136 valence electrons. The minimum absolute atomic E-state index is 0.0419. The number of fused-ring (bicyclic) bond motifs is 1. The van der Waals surface area contributed by atoms with Crippen LogP contribution in [-0.2, 0) is 29.0 Å². The first kappa shape index (κ1) is 17.6. The Hall–Kier alpha value is -2.19. The number of hydrogen-bond donors (Lipinski definition) is 1. The van der Waals surface area contributed by atoms with Gasteiger partial charge in [0.2, 0.25) is 5.91 Å². The van der Waals surface area contributed by atoms with E-state index in [2.05, 4.69) is 25.0 Å². The van der Waals surface area contributed by atoms with Gasteiger partial charge in [0.25, 0.3) is 0 Å². The Morgan fingerprint density at radius 3 is 3.04 bits per heavy atom. The van der Waals surface area contributed by atoms with Gasteiger partial charge in [0.05, 0.1) is 25.5 Å². The van der Waals surface area contributed by atoms with Gasteiger partial charge >= 0.3 is 0 Å². The fourth-order valence-corrected chi connectivity index (χ4v) is 3.06. The second-order valence-electron chi connectivity index (χ2n) is 6.26. The van der Waals surface area contributed by atoms with Crippen molar-refractivity contribution in [2.75, 3.05) is 26.8 Å². The average molecular weight is 347 g/mol. The molecule has 1 aliphatic heterocycles. The van der Waals surface area contributed by atoms with Crippen LogP contribution in [0.1, 0.15) is 36.8 Å². The van der Waals surface area contributed by atoms with Crippen molar-refractivity contribution >= 4 is 5.91 Å². The van der Waals surface area contributed by atoms with Gasteiger partial charge in [0.1, 0.15) is 11.6 Å². The number of nitrogens with zero attached hydrogens (tertiary/aromatic N) is 4. The van der Waals surface area contributed by atoms with Crippen LogP contribution in [0.3, 0.4) is 0 Å². The molecule has 0 aromatic carbocycles. The molecule has 3 rings (SSSR count). The summed E-state index contributed by atoms with van der Waals surface area (Å²) in [6.07, 6.45) is 2.88. The molecule has 25 heavy (non-hydrogen) atoms. The smallest absolute Gasteiger partial charge is 0.222 e. The lowest BCUT2D eigenvalue weighted by Crippen LogP contribution is -2.30. The van der Waals surface area contributed by atoms with E-state index < -0.39 is 0 Å². The van der Waals surface area contributed by atoms with Crippen LogP contribution in [0, 0.1) is 0 Å². The van der Waals surface area contributed by atoms with Crippen LogP contribution in [-0.4, -0.2) is 52.4 Å². The summed E-state index contributed by atoms with van der Waals surface area (Å²) in [6.45, 7) is 5.75. The van der Waals surface area contributed by atoms with E-state index in [-0.39, 0.29) is 11.9 Å². The molecular weight excluding hydrogens is 322 g/mol. The van der Waals surface area contributed by atoms with Gasteiger partial charge in [-0.2, -0.15) is 0 Å².